The molecule has 0 bridgehead atoms. The van der Waals surface area contributed by atoms with Crippen LogP contribution in [0.1, 0.15) is 12.8 Å². The Balaban J connectivity index is 1.64. The molecule has 0 spiro atoms. The van der Waals surface area contributed by atoms with Gasteiger partial charge in [-0.15, -0.1) is 0 Å². The first-order chi connectivity index (χ1) is 12.8. The molecule has 0 heterocycles. The van der Waals surface area contributed by atoms with E-state index in [-0.39, 0.29) is 24.2 Å². The number of hydrogen-bond donors (Lipinski definition) is 2. The summed E-state index contributed by atoms with van der Waals surface area (Å²) < 4.78 is 52.4. The molecule has 2 aromatic carbocycles. The van der Waals surface area contributed by atoms with E-state index in [0.29, 0.717) is 23.6 Å². The van der Waals surface area contributed by atoms with E-state index < -0.39 is 35.1 Å². The summed E-state index contributed by atoms with van der Waals surface area (Å²) in [6, 6.07) is 5.69. The smallest absolute Gasteiger partial charge is 0.225 e. The highest BCUT2D eigenvalue weighted by atomic mass is 32.2. The van der Waals surface area contributed by atoms with Crippen LogP contribution in [0.15, 0.2) is 36.4 Å². The van der Waals surface area contributed by atoms with Gasteiger partial charge in [0, 0.05) is 36.5 Å². The maximum absolute atomic E-state index is 13.4. The lowest BCUT2D eigenvalue weighted by Crippen LogP contribution is -2.15. The predicted molar refractivity (Wildman–Crippen MR) is 96.5 cm³/mol. The molecular weight excluding hydrogens is 384 g/mol. The third-order valence-corrected chi connectivity index (χ3v) is 4.34. The van der Waals surface area contributed by atoms with Crippen LogP contribution in [0.25, 0.3) is 0 Å². The first-order valence-electron chi connectivity index (χ1n) is 7.92. The number of rotatable bonds is 8. The van der Waals surface area contributed by atoms with Crippen LogP contribution in [0.2, 0.25) is 0 Å². The summed E-state index contributed by atoms with van der Waals surface area (Å²) in [6.45, 7) is 0. The molecule has 0 fully saturated rings. The van der Waals surface area contributed by atoms with E-state index in [1.165, 1.54) is 11.8 Å². The minimum Gasteiger partial charge on any atom is -0.324 e. The van der Waals surface area contributed by atoms with Gasteiger partial charge in [-0.05, 0) is 24.3 Å². The number of carbonyl (C=O) groups is 2. The monoisotopic (exact) mass is 400 g/mol. The van der Waals surface area contributed by atoms with Crippen LogP contribution in [0, 0.1) is 23.3 Å². The maximum atomic E-state index is 13.4. The van der Waals surface area contributed by atoms with Crippen molar-refractivity contribution < 1.29 is 27.2 Å². The van der Waals surface area contributed by atoms with Crippen molar-refractivity contribution in [1.29, 1.82) is 0 Å². The molecule has 9 heteroatoms. The zero-order valence-corrected chi connectivity index (χ0v) is 14.8. The number of thioether (sulfide) groups is 1. The van der Waals surface area contributed by atoms with Crippen molar-refractivity contribution in [2.45, 2.75) is 12.8 Å². The van der Waals surface area contributed by atoms with Gasteiger partial charge in [0.25, 0.3) is 0 Å². The van der Waals surface area contributed by atoms with Crippen molar-refractivity contribution in [2.24, 2.45) is 0 Å². The minimum absolute atomic E-state index is 0.0791. The Morgan fingerprint density at radius 1 is 0.741 bits per heavy atom. The van der Waals surface area contributed by atoms with Gasteiger partial charge in [-0.3, -0.25) is 9.59 Å². The van der Waals surface area contributed by atoms with Gasteiger partial charge in [0.15, 0.2) is 0 Å². The number of amides is 2. The zero-order valence-electron chi connectivity index (χ0n) is 14.0. The fraction of sp³-hybridized carbons (Fsp3) is 0.222. The molecule has 0 saturated heterocycles. The largest absolute Gasteiger partial charge is 0.324 e. The second kappa shape index (κ2) is 9.96. The van der Waals surface area contributed by atoms with Crippen molar-refractivity contribution >= 4 is 35.0 Å². The Bertz CT molecular complexity index is 766. The molecule has 0 saturated carbocycles. The number of nitrogens with one attached hydrogen (secondary N) is 2. The first kappa shape index (κ1) is 20.8. The van der Waals surface area contributed by atoms with E-state index in [4.69, 9.17) is 0 Å². The second-order valence-corrected chi connectivity index (χ2v) is 6.68. The number of benzene rings is 2. The summed E-state index contributed by atoms with van der Waals surface area (Å²) >= 11 is 1.32. The summed E-state index contributed by atoms with van der Waals surface area (Å²) in [5, 5.41) is 4.67. The number of halogens is 4. The zero-order chi connectivity index (χ0) is 19.8. The molecule has 2 amide bonds. The molecule has 4 nitrogen and oxygen atoms in total. The lowest BCUT2D eigenvalue weighted by molar-refractivity contribution is -0.116. The number of carbonyl (C=O) groups excluding carboxylic acids is 2. The van der Waals surface area contributed by atoms with Gasteiger partial charge in [-0.2, -0.15) is 11.8 Å². The molecular formula is C18H16F4N2O2S. The summed E-state index contributed by atoms with van der Waals surface area (Å²) in [7, 11) is 0. The number of hydrogen-bond acceptors (Lipinski definition) is 3. The Morgan fingerprint density at radius 3 is 1.52 bits per heavy atom. The highest BCUT2D eigenvalue weighted by molar-refractivity contribution is 7.99. The van der Waals surface area contributed by atoms with Crippen molar-refractivity contribution in [3.8, 4) is 0 Å². The predicted octanol–water partition coefficient (Wildman–Crippen LogP) is 4.33. The molecule has 2 rings (SSSR count). The molecule has 0 aliphatic carbocycles. The average Bonchev–Trinajstić information content (AvgIpc) is 2.59. The highest BCUT2D eigenvalue weighted by Crippen LogP contribution is 2.17. The Hall–Kier alpha value is -2.55. The van der Waals surface area contributed by atoms with Crippen LogP contribution in [-0.4, -0.2) is 23.3 Å². The summed E-state index contributed by atoms with van der Waals surface area (Å²) in [6.07, 6.45) is 0.158. The van der Waals surface area contributed by atoms with Crippen molar-refractivity contribution in [3.63, 3.8) is 0 Å². The van der Waals surface area contributed by atoms with Crippen molar-refractivity contribution in [1.82, 2.24) is 0 Å². The van der Waals surface area contributed by atoms with Crippen LogP contribution in [-0.2, 0) is 9.59 Å². The van der Waals surface area contributed by atoms with Gasteiger partial charge in [0.05, 0.1) is 11.4 Å². The van der Waals surface area contributed by atoms with E-state index in [2.05, 4.69) is 10.6 Å². The van der Waals surface area contributed by atoms with Gasteiger partial charge in [0.1, 0.15) is 23.3 Å². The van der Waals surface area contributed by atoms with E-state index in [9.17, 15) is 27.2 Å². The van der Waals surface area contributed by atoms with Crippen LogP contribution >= 0.6 is 11.8 Å². The van der Waals surface area contributed by atoms with Gasteiger partial charge in [-0.1, -0.05) is 0 Å². The molecule has 27 heavy (non-hydrogen) atoms. The van der Waals surface area contributed by atoms with E-state index >= 15 is 0 Å². The highest BCUT2D eigenvalue weighted by Gasteiger charge is 2.10. The third kappa shape index (κ3) is 6.93. The standard InChI is InChI=1S/C18H16F4N2O2S/c19-11-1-3-15(13(21)9-11)23-17(25)5-7-27-8-6-18(26)24-16-4-2-12(20)10-14(16)22/h1-4,9-10H,5-8H2,(H,23,25)(H,24,26). The van der Waals surface area contributed by atoms with Crippen LogP contribution in [0.3, 0.4) is 0 Å². The molecule has 0 radical (unpaired) electrons. The van der Waals surface area contributed by atoms with Crippen molar-refractivity contribution in [2.75, 3.05) is 22.1 Å². The molecule has 0 atom stereocenters. The first-order valence-corrected chi connectivity index (χ1v) is 9.08. The maximum Gasteiger partial charge on any atom is 0.225 e. The fourth-order valence-electron chi connectivity index (χ4n) is 2.04. The molecule has 0 unspecified atom stereocenters. The van der Waals surface area contributed by atoms with Crippen LogP contribution in [0.5, 0.6) is 0 Å². The second-order valence-electron chi connectivity index (χ2n) is 5.46. The fourth-order valence-corrected chi connectivity index (χ4v) is 2.90. The lowest BCUT2D eigenvalue weighted by atomic mass is 10.3. The molecule has 2 N–H and O–H groups in total. The molecule has 2 aromatic rings. The van der Waals surface area contributed by atoms with Gasteiger partial charge in [-0.25, -0.2) is 17.6 Å². The van der Waals surface area contributed by atoms with E-state index in [1.54, 1.807) is 0 Å². The molecule has 0 aromatic heterocycles. The Morgan fingerprint density at radius 2 is 1.15 bits per heavy atom. The Labute approximate surface area is 157 Å². The van der Waals surface area contributed by atoms with Crippen LogP contribution in [0.4, 0.5) is 28.9 Å². The normalized spacial score (nSPS) is 10.5. The molecule has 0 aliphatic rings. The molecule has 0 aliphatic heterocycles. The van der Waals surface area contributed by atoms with Crippen molar-refractivity contribution in [3.05, 3.63) is 59.7 Å². The minimum atomic E-state index is -0.860. The van der Waals surface area contributed by atoms with Gasteiger partial charge in [0.2, 0.25) is 11.8 Å². The topological polar surface area (TPSA) is 58.2 Å². The lowest BCUT2D eigenvalue weighted by Gasteiger charge is -2.07. The van der Waals surface area contributed by atoms with Gasteiger partial charge < -0.3 is 10.6 Å². The quantitative estimate of drug-likeness (QED) is 0.512. The Kier molecular flexibility index (Phi) is 7.66. The summed E-state index contributed by atoms with van der Waals surface area (Å²) in [5.41, 5.74) is -0.209. The number of anilines is 2. The third-order valence-electron chi connectivity index (χ3n) is 3.36. The molecule has 144 valence electrons. The van der Waals surface area contributed by atoms with E-state index in [0.717, 1.165) is 24.3 Å². The summed E-state index contributed by atoms with van der Waals surface area (Å²) in [5.74, 6) is -3.31. The van der Waals surface area contributed by atoms with Gasteiger partial charge >= 0.3 is 0 Å². The summed E-state index contributed by atoms with van der Waals surface area (Å²) in [4.78, 5) is 23.4. The van der Waals surface area contributed by atoms with Crippen LogP contribution < -0.4 is 10.6 Å². The van der Waals surface area contributed by atoms with E-state index in [1.807, 2.05) is 0 Å². The SMILES string of the molecule is O=C(CCSCCC(=O)Nc1ccc(F)cc1F)Nc1ccc(F)cc1F. The average molecular weight is 400 g/mol.